The average Bonchev–Trinajstić information content (AvgIpc) is 2.00. The van der Waals surface area contributed by atoms with E-state index in [1.165, 1.54) is 0 Å². The zero-order valence-corrected chi connectivity index (χ0v) is 7.72. The Morgan fingerprint density at radius 3 is 1.64 bits per heavy atom. The Morgan fingerprint density at radius 1 is 1.18 bits per heavy atom. The van der Waals surface area contributed by atoms with Gasteiger partial charge in [-0.05, 0) is 12.5 Å². The molecule has 4 heteroatoms. The second-order valence-corrected chi connectivity index (χ2v) is 6.73. The lowest BCUT2D eigenvalue weighted by Gasteiger charge is -2.19. The predicted octanol–water partition coefficient (Wildman–Crippen LogP) is 0.430. The second-order valence-electron chi connectivity index (χ2n) is 2.88. The summed E-state index contributed by atoms with van der Waals surface area (Å²) in [4.78, 5) is 0. The summed E-state index contributed by atoms with van der Waals surface area (Å²) in [6.07, 6.45) is 0.253. The van der Waals surface area contributed by atoms with Crippen molar-refractivity contribution in [2.75, 3.05) is 25.2 Å². The molecular weight excluding hydrogens is 163 g/mol. The van der Waals surface area contributed by atoms with E-state index in [-0.39, 0.29) is 19.0 Å². The molecular formula is C7H16O3P+. The molecule has 0 heterocycles. The summed E-state index contributed by atoms with van der Waals surface area (Å²) in [5, 5.41) is 26.7. The molecule has 0 rings (SSSR count). The van der Waals surface area contributed by atoms with Crippen LogP contribution in [0.25, 0.3) is 0 Å². The minimum atomic E-state index is -1.93. The van der Waals surface area contributed by atoms with Crippen molar-refractivity contribution in [1.82, 2.24) is 0 Å². The van der Waals surface area contributed by atoms with Crippen molar-refractivity contribution >= 4 is 7.26 Å². The topological polar surface area (TPSA) is 60.7 Å². The number of hydrogen-bond acceptors (Lipinski definition) is 3. The lowest BCUT2D eigenvalue weighted by molar-refractivity contribution is 0.312. The summed E-state index contributed by atoms with van der Waals surface area (Å²) in [7, 11) is -1.93. The first-order valence-corrected chi connectivity index (χ1v) is 5.95. The van der Waals surface area contributed by atoms with Crippen LogP contribution in [-0.4, -0.2) is 40.5 Å². The summed E-state index contributed by atoms with van der Waals surface area (Å²) in [5.41, 5.74) is 0.899. The zero-order chi connectivity index (χ0) is 8.91. The Bertz CT molecular complexity index is 123. The third-order valence-corrected chi connectivity index (χ3v) is 4.52. The molecule has 0 aromatic heterocycles. The van der Waals surface area contributed by atoms with E-state index in [4.69, 9.17) is 15.3 Å². The van der Waals surface area contributed by atoms with Gasteiger partial charge < -0.3 is 15.3 Å². The number of aliphatic hydroxyl groups excluding tert-OH is 3. The molecule has 0 aromatic carbocycles. The first kappa shape index (κ1) is 11.1. The molecule has 0 aliphatic heterocycles. The number of hydrogen-bond donors (Lipinski definition) is 3. The third-order valence-electron chi connectivity index (χ3n) is 1.51. The van der Waals surface area contributed by atoms with Gasteiger partial charge in [0.1, 0.15) is 0 Å². The Morgan fingerprint density at radius 2 is 1.55 bits per heavy atom. The summed E-state index contributed by atoms with van der Waals surface area (Å²) < 4.78 is 0. The molecule has 0 bridgehead atoms. The van der Waals surface area contributed by atoms with E-state index in [1.807, 2.05) is 6.92 Å². The van der Waals surface area contributed by atoms with Gasteiger partial charge >= 0.3 is 0 Å². The molecule has 66 valence electrons. The van der Waals surface area contributed by atoms with Gasteiger partial charge in [-0.15, -0.1) is 0 Å². The van der Waals surface area contributed by atoms with E-state index in [9.17, 15) is 0 Å². The smallest absolute Gasteiger partial charge is 0.159 e. The van der Waals surface area contributed by atoms with Gasteiger partial charge in [0.25, 0.3) is 0 Å². The standard InChI is InChI=1S/C7H16O3P/c1-7(2)3-11(4-8,5-9)6-10/h8-10H,1,3-6H2,2H3/q+1. The SMILES string of the molecule is C=C(C)C[P+](CO)(CO)CO. The van der Waals surface area contributed by atoms with Gasteiger partial charge in [0.2, 0.25) is 0 Å². The van der Waals surface area contributed by atoms with E-state index in [2.05, 4.69) is 6.58 Å². The third kappa shape index (κ3) is 3.30. The average molecular weight is 179 g/mol. The van der Waals surface area contributed by atoms with Crippen LogP contribution in [0.4, 0.5) is 0 Å². The van der Waals surface area contributed by atoms with E-state index in [0.29, 0.717) is 6.16 Å². The van der Waals surface area contributed by atoms with Gasteiger partial charge in [-0.2, -0.15) is 0 Å². The van der Waals surface area contributed by atoms with Gasteiger partial charge in [-0.1, -0.05) is 6.58 Å². The molecule has 0 spiro atoms. The lowest BCUT2D eigenvalue weighted by Crippen LogP contribution is -2.11. The van der Waals surface area contributed by atoms with Crippen molar-refractivity contribution in [3.05, 3.63) is 12.2 Å². The first-order chi connectivity index (χ1) is 5.10. The summed E-state index contributed by atoms with van der Waals surface area (Å²) in [5.74, 6) is 0. The zero-order valence-electron chi connectivity index (χ0n) is 6.82. The molecule has 0 radical (unpaired) electrons. The number of rotatable bonds is 5. The maximum absolute atomic E-state index is 8.91. The molecule has 3 N–H and O–H groups in total. The maximum Gasteiger partial charge on any atom is 0.159 e. The largest absolute Gasteiger partial charge is 0.362 e. The lowest BCUT2D eigenvalue weighted by atomic mass is 10.4. The fraction of sp³-hybridized carbons (Fsp3) is 0.714. The summed E-state index contributed by atoms with van der Waals surface area (Å²) in [6.45, 7) is 5.51. The molecule has 11 heavy (non-hydrogen) atoms. The highest BCUT2D eigenvalue weighted by Crippen LogP contribution is 2.56. The van der Waals surface area contributed by atoms with E-state index >= 15 is 0 Å². The molecule has 0 fully saturated rings. The Kier molecular flexibility index (Phi) is 4.86. The summed E-state index contributed by atoms with van der Waals surface area (Å²) >= 11 is 0. The minimum absolute atomic E-state index is 0.104. The quantitative estimate of drug-likeness (QED) is 0.423. The highest BCUT2D eigenvalue weighted by molar-refractivity contribution is 7.75. The van der Waals surface area contributed by atoms with Crippen molar-refractivity contribution in [3.8, 4) is 0 Å². The van der Waals surface area contributed by atoms with Gasteiger partial charge in [-0.3, -0.25) is 0 Å². The van der Waals surface area contributed by atoms with Gasteiger partial charge in [-0.25, -0.2) is 0 Å². The summed E-state index contributed by atoms with van der Waals surface area (Å²) in [6, 6.07) is 0. The Labute approximate surface area is 67.7 Å². The molecule has 3 nitrogen and oxygen atoms in total. The van der Waals surface area contributed by atoms with Crippen molar-refractivity contribution in [2.24, 2.45) is 0 Å². The van der Waals surface area contributed by atoms with Crippen LogP contribution in [0, 0.1) is 0 Å². The normalized spacial score (nSPS) is 11.6. The van der Waals surface area contributed by atoms with Crippen LogP contribution < -0.4 is 0 Å². The van der Waals surface area contributed by atoms with Gasteiger partial charge in [0, 0.05) is 0 Å². The van der Waals surface area contributed by atoms with Crippen LogP contribution in [0.15, 0.2) is 12.2 Å². The van der Waals surface area contributed by atoms with E-state index in [0.717, 1.165) is 5.57 Å². The van der Waals surface area contributed by atoms with Crippen molar-refractivity contribution in [3.63, 3.8) is 0 Å². The molecule has 0 aliphatic rings. The first-order valence-electron chi connectivity index (χ1n) is 3.42. The van der Waals surface area contributed by atoms with Gasteiger partial charge in [0.05, 0.1) is 13.4 Å². The van der Waals surface area contributed by atoms with Crippen molar-refractivity contribution in [2.45, 2.75) is 6.92 Å². The molecule has 0 unspecified atom stereocenters. The fourth-order valence-corrected chi connectivity index (χ4v) is 2.57. The van der Waals surface area contributed by atoms with Crippen LogP contribution in [0.1, 0.15) is 6.92 Å². The minimum Gasteiger partial charge on any atom is -0.362 e. The highest BCUT2D eigenvalue weighted by atomic mass is 31.2. The monoisotopic (exact) mass is 179 g/mol. The van der Waals surface area contributed by atoms with Crippen LogP contribution in [0.3, 0.4) is 0 Å². The predicted molar refractivity (Wildman–Crippen MR) is 47.9 cm³/mol. The van der Waals surface area contributed by atoms with Gasteiger partial charge in [0.15, 0.2) is 19.0 Å². The van der Waals surface area contributed by atoms with E-state index < -0.39 is 7.26 Å². The Hall–Kier alpha value is 0.0500. The molecule has 0 aromatic rings. The van der Waals surface area contributed by atoms with Crippen molar-refractivity contribution in [1.29, 1.82) is 0 Å². The maximum atomic E-state index is 8.91. The van der Waals surface area contributed by atoms with Crippen molar-refractivity contribution < 1.29 is 15.3 Å². The molecule has 0 atom stereocenters. The number of allylic oxidation sites excluding steroid dienone is 1. The molecule has 0 saturated carbocycles. The van der Waals surface area contributed by atoms with Crippen LogP contribution in [0.2, 0.25) is 0 Å². The van der Waals surface area contributed by atoms with E-state index in [1.54, 1.807) is 0 Å². The Balaban J connectivity index is 4.16. The molecule has 0 saturated heterocycles. The van der Waals surface area contributed by atoms with Crippen LogP contribution >= 0.6 is 7.26 Å². The van der Waals surface area contributed by atoms with Crippen LogP contribution in [0.5, 0.6) is 0 Å². The molecule has 0 amide bonds. The fourth-order valence-electron chi connectivity index (χ4n) is 0.857. The highest BCUT2D eigenvalue weighted by Gasteiger charge is 2.35. The second kappa shape index (κ2) is 4.83. The van der Waals surface area contributed by atoms with Crippen LogP contribution in [-0.2, 0) is 0 Å². The molecule has 0 aliphatic carbocycles. The number of aliphatic hydroxyl groups is 3.